The van der Waals surface area contributed by atoms with Gasteiger partial charge in [-0.1, -0.05) is 6.07 Å². The van der Waals surface area contributed by atoms with E-state index in [1.165, 1.54) is 0 Å². The molecule has 2 N–H and O–H groups in total. The van der Waals surface area contributed by atoms with E-state index in [1.54, 1.807) is 12.4 Å². The first-order valence-electron chi connectivity index (χ1n) is 9.96. The highest BCUT2D eigenvalue weighted by Crippen LogP contribution is 2.30. The molecule has 4 heterocycles. The summed E-state index contributed by atoms with van der Waals surface area (Å²) in [7, 11) is 0. The van der Waals surface area contributed by atoms with Gasteiger partial charge in [0.1, 0.15) is 5.82 Å². The lowest BCUT2D eigenvalue weighted by Gasteiger charge is -2.32. The molecule has 0 radical (unpaired) electrons. The standard InChI is InChI=1S/C23H25N5O/c1-16-12-19(18-5-6-22(24)26-15-18)13-21(27-16)17-7-10-28(11-8-17)23(29)14-20-4-2-3-9-25-20/h2-6,9,12-13,15,17H,7-8,10-11,14H2,1H3,(H2,24,26). The fraction of sp³-hybridized carbons (Fsp3) is 0.304. The predicted molar refractivity (Wildman–Crippen MR) is 113 cm³/mol. The van der Waals surface area contributed by atoms with Crippen molar-refractivity contribution in [2.45, 2.75) is 32.1 Å². The van der Waals surface area contributed by atoms with Gasteiger partial charge in [0.05, 0.1) is 6.42 Å². The number of nitrogens with zero attached hydrogens (tertiary/aromatic N) is 4. The Labute approximate surface area is 170 Å². The molecule has 6 nitrogen and oxygen atoms in total. The second-order valence-electron chi connectivity index (χ2n) is 7.55. The highest BCUT2D eigenvalue weighted by atomic mass is 16.2. The largest absolute Gasteiger partial charge is 0.384 e. The van der Waals surface area contributed by atoms with E-state index in [0.717, 1.165) is 54.1 Å². The van der Waals surface area contributed by atoms with Crippen LogP contribution in [0.2, 0.25) is 0 Å². The maximum atomic E-state index is 12.6. The second kappa shape index (κ2) is 8.39. The summed E-state index contributed by atoms with van der Waals surface area (Å²) in [6, 6.07) is 13.7. The van der Waals surface area contributed by atoms with Gasteiger partial charge in [0.15, 0.2) is 0 Å². The van der Waals surface area contributed by atoms with E-state index >= 15 is 0 Å². The number of aromatic nitrogens is 3. The summed E-state index contributed by atoms with van der Waals surface area (Å²) in [6.07, 6.45) is 5.73. The van der Waals surface area contributed by atoms with Gasteiger partial charge in [-0.05, 0) is 61.7 Å². The van der Waals surface area contributed by atoms with Crippen molar-refractivity contribution in [1.82, 2.24) is 19.9 Å². The number of likely N-dealkylation sites (tertiary alicyclic amines) is 1. The topological polar surface area (TPSA) is 85.0 Å². The lowest BCUT2D eigenvalue weighted by Crippen LogP contribution is -2.39. The highest BCUT2D eigenvalue weighted by molar-refractivity contribution is 5.78. The van der Waals surface area contributed by atoms with Crippen LogP contribution in [0.25, 0.3) is 11.1 Å². The minimum absolute atomic E-state index is 0.146. The van der Waals surface area contributed by atoms with E-state index in [-0.39, 0.29) is 5.91 Å². The van der Waals surface area contributed by atoms with E-state index in [1.807, 2.05) is 42.2 Å². The maximum absolute atomic E-state index is 12.6. The van der Waals surface area contributed by atoms with Crippen LogP contribution in [-0.4, -0.2) is 38.8 Å². The molecule has 0 bridgehead atoms. The molecule has 0 atom stereocenters. The summed E-state index contributed by atoms with van der Waals surface area (Å²) in [4.78, 5) is 27.8. The number of hydrogen-bond donors (Lipinski definition) is 1. The summed E-state index contributed by atoms with van der Waals surface area (Å²) in [5, 5.41) is 0. The number of anilines is 1. The summed E-state index contributed by atoms with van der Waals surface area (Å²) >= 11 is 0. The smallest absolute Gasteiger partial charge is 0.228 e. The van der Waals surface area contributed by atoms with Crippen molar-refractivity contribution in [1.29, 1.82) is 0 Å². The number of rotatable bonds is 4. The Bertz CT molecular complexity index is 980. The lowest BCUT2D eigenvalue weighted by atomic mass is 9.91. The van der Waals surface area contributed by atoms with Gasteiger partial charge in [-0.3, -0.25) is 14.8 Å². The second-order valence-corrected chi connectivity index (χ2v) is 7.55. The van der Waals surface area contributed by atoms with Crippen molar-refractivity contribution in [3.05, 3.63) is 71.9 Å². The number of amides is 1. The molecule has 148 valence electrons. The van der Waals surface area contributed by atoms with Crippen LogP contribution in [0.4, 0.5) is 5.82 Å². The molecule has 0 aromatic carbocycles. The van der Waals surface area contributed by atoms with E-state index < -0.39 is 0 Å². The lowest BCUT2D eigenvalue weighted by molar-refractivity contribution is -0.131. The number of pyridine rings is 3. The molecule has 0 unspecified atom stereocenters. The van der Waals surface area contributed by atoms with Crippen molar-refractivity contribution in [3.8, 4) is 11.1 Å². The van der Waals surface area contributed by atoms with E-state index in [9.17, 15) is 4.79 Å². The van der Waals surface area contributed by atoms with Crippen molar-refractivity contribution in [3.63, 3.8) is 0 Å². The van der Waals surface area contributed by atoms with Gasteiger partial charge in [0.2, 0.25) is 5.91 Å². The van der Waals surface area contributed by atoms with Crippen LogP contribution in [0.15, 0.2) is 54.9 Å². The first-order valence-corrected chi connectivity index (χ1v) is 9.96. The van der Waals surface area contributed by atoms with E-state index in [4.69, 9.17) is 10.7 Å². The normalized spacial score (nSPS) is 14.7. The van der Waals surface area contributed by atoms with Crippen LogP contribution in [0, 0.1) is 6.92 Å². The Morgan fingerprint density at radius 3 is 2.62 bits per heavy atom. The van der Waals surface area contributed by atoms with Gasteiger partial charge in [-0.2, -0.15) is 0 Å². The number of nitrogens with two attached hydrogens (primary N) is 1. The van der Waals surface area contributed by atoms with Crippen molar-refractivity contribution < 1.29 is 4.79 Å². The Morgan fingerprint density at radius 1 is 1.10 bits per heavy atom. The van der Waals surface area contributed by atoms with Gasteiger partial charge >= 0.3 is 0 Å². The van der Waals surface area contributed by atoms with Crippen molar-refractivity contribution >= 4 is 11.7 Å². The summed E-state index contributed by atoms with van der Waals surface area (Å²) in [5.74, 6) is 1.02. The van der Waals surface area contributed by atoms with Gasteiger partial charge in [0.25, 0.3) is 0 Å². The first kappa shape index (κ1) is 19.1. The number of aryl methyl sites for hydroxylation is 1. The Hall–Kier alpha value is -3.28. The Kier molecular flexibility index (Phi) is 5.51. The van der Waals surface area contributed by atoms with Crippen LogP contribution >= 0.6 is 0 Å². The number of carbonyl (C=O) groups excluding carboxylic acids is 1. The molecule has 4 rings (SSSR count). The third-order valence-corrected chi connectivity index (χ3v) is 5.42. The van der Waals surface area contributed by atoms with Crippen LogP contribution < -0.4 is 5.73 Å². The molecular weight excluding hydrogens is 362 g/mol. The fourth-order valence-electron chi connectivity index (χ4n) is 3.84. The Balaban J connectivity index is 1.43. The van der Waals surface area contributed by atoms with Crippen LogP contribution in [0.5, 0.6) is 0 Å². The molecule has 3 aromatic heterocycles. The molecule has 1 aliphatic rings. The molecule has 0 spiro atoms. The zero-order valence-electron chi connectivity index (χ0n) is 16.6. The fourth-order valence-corrected chi connectivity index (χ4v) is 3.84. The zero-order chi connectivity index (χ0) is 20.2. The average Bonchev–Trinajstić information content (AvgIpc) is 2.74. The van der Waals surface area contributed by atoms with E-state index in [0.29, 0.717) is 18.2 Å². The van der Waals surface area contributed by atoms with E-state index in [2.05, 4.69) is 22.1 Å². The Morgan fingerprint density at radius 2 is 1.93 bits per heavy atom. The summed E-state index contributed by atoms with van der Waals surface area (Å²) in [6.45, 7) is 3.53. The molecule has 1 amide bonds. The van der Waals surface area contributed by atoms with Crippen LogP contribution in [-0.2, 0) is 11.2 Å². The molecule has 3 aromatic rings. The van der Waals surface area contributed by atoms with Gasteiger partial charge in [-0.15, -0.1) is 0 Å². The summed E-state index contributed by atoms with van der Waals surface area (Å²) < 4.78 is 0. The molecular formula is C23H25N5O. The van der Waals surface area contributed by atoms with Gasteiger partial charge < -0.3 is 10.6 Å². The number of nitrogen functional groups attached to an aromatic ring is 1. The number of carbonyl (C=O) groups is 1. The minimum atomic E-state index is 0.146. The maximum Gasteiger partial charge on any atom is 0.228 e. The molecule has 1 fully saturated rings. The monoisotopic (exact) mass is 387 g/mol. The molecule has 1 aliphatic heterocycles. The molecule has 1 saturated heterocycles. The van der Waals surface area contributed by atoms with Crippen LogP contribution in [0.1, 0.15) is 35.8 Å². The van der Waals surface area contributed by atoms with Crippen LogP contribution in [0.3, 0.4) is 0 Å². The zero-order valence-corrected chi connectivity index (χ0v) is 16.6. The van der Waals surface area contributed by atoms with Gasteiger partial charge in [-0.25, -0.2) is 4.98 Å². The molecule has 29 heavy (non-hydrogen) atoms. The first-order chi connectivity index (χ1) is 14.1. The quantitative estimate of drug-likeness (QED) is 0.742. The number of piperidine rings is 1. The third kappa shape index (κ3) is 4.59. The summed E-state index contributed by atoms with van der Waals surface area (Å²) in [5.41, 5.74) is 10.8. The third-order valence-electron chi connectivity index (χ3n) is 5.42. The minimum Gasteiger partial charge on any atom is -0.384 e. The molecule has 0 aliphatic carbocycles. The van der Waals surface area contributed by atoms with Gasteiger partial charge in [0, 0.05) is 54.0 Å². The van der Waals surface area contributed by atoms with Crippen molar-refractivity contribution in [2.75, 3.05) is 18.8 Å². The van der Waals surface area contributed by atoms with Crippen molar-refractivity contribution in [2.24, 2.45) is 0 Å². The highest BCUT2D eigenvalue weighted by Gasteiger charge is 2.25. The number of hydrogen-bond acceptors (Lipinski definition) is 5. The predicted octanol–water partition coefficient (Wildman–Crippen LogP) is 3.38. The molecule has 6 heteroatoms. The average molecular weight is 387 g/mol. The molecule has 0 saturated carbocycles. The SMILES string of the molecule is Cc1cc(-c2ccc(N)nc2)cc(C2CCN(C(=O)Cc3ccccn3)CC2)n1.